The first-order valence-electron chi connectivity index (χ1n) is 5.36. The van der Waals surface area contributed by atoms with E-state index in [1.165, 1.54) is 12.1 Å². The minimum Gasteiger partial charge on any atom is -0.478 e. The van der Waals surface area contributed by atoms with Gasteiger partial charge in [0.2, 0.25) is 0 Å². The van der Waals surface area contributed by atoms with Crippen LogP contribution in [0.1, 0.15) is 23.7 Å². The highest BCUT2D eigenvalue weighted by Crippen LogP contribution is 2.17. The summed E-state index contributed by atoms with van der Waals surface area (Å²) in [6, 6.07) is 4.37. The third kappa shape index (κ3) is 3.93. The Morgan fingerprint density at radius 3 is 2.76 bits per heavy atom. The maximum absolute atomic E-state index is 13.4. The third-order valence-corrected chi connectivity index (χ3v) is 3.17. The Labute approximate surface area is 104 Å². The van der Waals surface area contributed by atoms with E-state index in [2.05, 4.69) is 12.2 Å². The number of halogens is 1. The topological polar surface area (TPSA) is 49.3 Å². The van der Waals surface area contributed by atoms with E-state index in [-0.39, 0.29) is 11.6 Å². The second-order valence-corrected chi connectivity index (χ2v) is 4.62. The fourth-order valence-electron chi connectivity index (χ4n) is 1.48. The van der Waals surface area contributed by atoms with Crippen LogP contribution >= 0.6 is 11.8 Å². The highest BCUT2D eigenvalue weighted by atomic mass is 32.2. The molecule has 0 saturated heterocycles. The van der Waals surface area contributed by atoms with E-state index in [4.69, 9.17) is 5.11 Å². The average Bonchev–Trinajstić information content (AvgIpc) is 2.28. The van der Waals surface area contributed by atoms with E-state index in [1.54, 1.807) is 17.8 Å². The van der Waals surface area contributed by atoms with Crippen molar-refractivity contribution >= 4 is 23.4 Å². The molecule has 0 bridgehead atoms. The van der Waals surface area contributed by atoms with Gasteiger partial charge < -0.3 is 10.4 Å². The van der Waals surface area contributed by atoms with Crippen molar-refractivity contribution in [3.8, 4) is 0 Å². The minimum atomic E-state index is -1.25. The molecule has 0 radical (unpaired) electrons. The van der Waals surface area contributed by atoms with Crippen LogP contribution in [-0.2, 0) is 0 Å². The molecular weight excluding hydrogens is 241 g/mol. The summed E-state index contributed by atoms with van der Waals surface area (Å²) >= 11 is 1.72. The van der Waals surface area contributed by atoms with Crippen molar-refractivity contribution in [2.75, 3.05) is 17.3 Å². The van der Waals surface area contributed by atoms with Crippen LogP contribution in [0, 0.1) is 5.82 Å². The molecule has 0 aliphatic heterocycles. The highest BCUT2D eigenvalue weighted by Gasteiger charge is 2.11. The molecule has 0 saturated carbocycles. The van der Waals surface area contributed by atoms with Crippen molar-refractivity contribution in [2.24, 2.45) is 0 Å². The first-order chi connectivity index (χ1) is 8.08. The number of hydrogen-bond donors (Lipinski definition) is 2. The molecule has 0 fully saturated rings. The van der Waals surface area contributed by atoms with Crippen LogP contribution in [0.3, 0.4) is 0 Å². The second-order valence-electron chi connectivity index (χ2n) is 3.70. The van der Waals surface area contributed by atoms with Gasteiger partial charge in [-0.1, -0.05) is 6.92 Å². The molecule has 0 aliphatic rings. The van der Waals surface area contributed by atoms with Gasteiger partial charge in [0.25, 0.3) is 0 Å². The van der Waals surface area contributed by atoms with Crippen molar-refractivity contribution in [3.05, 3.63) is 29.6 Å². The maximum atomic E-state index is 13.4. The first kappa shape index (κ1) is 13.8. The van der Waals surface area contributed by atoms with Crippen LogP contribution in [-0.4, -0.2) is 29.1 Å². The van der Waals surface area contributed by atoms with Gasteiger partial charge >= 0.3 is 5.97 Å². The normalized spacial score (nSPS) is 12.2. The summed E-state index contributed by atoms with van der Waals surface area (Å²) in [5.41, 5.74) is 0.321. The van der Waals surface area contributed by atoms with Gasteiger partial charge in [0.15, 0.2) is 0 Å². The molecule has 1 unspecified atom stereocenters. The molecule has 1 aromatic rings. The zero-order valence-electron chi connectivity index (χ0n) is 9.87. The minimum absolute atomic E-state index is 0.264. The summed E-state index contributed by atoms with van der Waals surface area (Å²) < 4.78 is 13.4. The monoisotopic (exact) mass is 257 g/mol. The van der Waals surface area contributed by atoms with E-state index < -0.39 is 11.8 Å². The van der Waals surface area contributed by atoms with Crippen molar-refractivity contribution in [1.29, 1.82) is 0 Å². The fraction of sp³-hybridized carbons (Fsp3) is 0.417. The smallest absolute Gasteiger partial charge is 0.338 e. The Hall–Kier alpha value is -1.23. The van der Waals surface area contributed by atoms with Gasteiger partial charge in [-0.3, -0.25) is 0 Å². The van der Waals surface area contributed by atoms with Gasteiger partial charge in [0.1, 0.15) is 5.82 Å². The molecule has 17 heavy (non-hydrogen) atoms. The molecule has 0 spiro atoms. The standard InChI is InChI=1S/C12H16FNO2S/c1-3-8(7-17-2)14-9-4-5-10(12(15)16)11(13)6-9/h4-6,8,14H,3,7H2,1-2H3,(H,15,16). The van der Waals surface area contributed by atoms with Crippen LogP contribution in [0.15, 0.2) is 18.2 Å². The lowest BCUT2D eigenvalue weighted by molar-refractivity contribution is 0.0692. The molecule has 0 heterocycles. The van der Waals surface area contributed by atoms with Crippen LogP contribution in [0.5, 0.6) is 0 Å². The van der Waals surface area contributed by atoms with E-state index in [0.717, 1.165) is 12.2 Å². The number of anilines is 1. The molecule has 94 valence electrons. The number of aromatic carboxylic acids is 1. The fourth-order valence-corrected chi connectivity index (χ4v) is 2.20. The van der Waals surface area contributed by atoms with E-state index in [9.17, 15) is 9.18 Å². The molecule has 1 atom stereocenters. The zero-order chi connectivity index (χ0) is 12.8. The summed E-state index contributed by atoms with van der Waals surface area (Å²) in [5, 5.41) is 11.9. The Bertz CT molecular complexity index is 398. The van der Waals surface area contributed by atoms with Crippen molar-refractivity contribution in [2.45, 2.75) is 19.4 Å². The Morgan fingerprint density at radius 1 is 1.59 bits per heavy atom. The van der Waals surface area contributed by atoms with Crippen LogP contribution in [0.25, 0.3) is 0 Å². The Balaban J connectivity index is 2.79. The number of thioether (sulfide) groups is 1. The van der Waals surface area contributed by atoms with Crippen molar-refractivity contribution in [1.82, 2.24) is 0 Å². The molecule has 0 aromatic heterocycles. The predicted octanol–water partition coefficient (Wildman–Crippen LogP) is 3.08. The number of carboxylic acids is 1. The van der Waals surface area contributed by atoms with E-state index >= 15 is 0 Å². The average molecular weight is 257 g/mol. The van der Waals surface area contributed by atoms with Gasteiger partial charge in [-0.25, -0.2) is 9.18 Å². The quantitative estimate of drug-likeness (QED) is 0.822. The molecule has 0 amide bonds. The third-order valence-electron chi connectivity index (χ3n) is 2.43. The van der Waals surface area contributed by atoms with Gasteiger partial charge in [-0.2, -0.15) is 11.8 Å². The summed E-state index contributed by atoms with van der Waals surface area (Å²) in [6.07, 6.45) is 2.95. The molecule has 1 rings (SSSR count). The SMILES string of the molecule is CCC(CSC)Nc1ccc(C(=O)O)c(F)c1. The number of nitrogens with one attached hydrogen (secondary N) is 1. The van der Waals surface area contributed by atoms with Gasteiger partial charge in [0, 0.05) is 17.5 Å². The summed E-state index contributed by atoms with van der Waals surface area (Å²) in [6.45, 7) is 2.05. The lowest BCUT2D eigenvalue weighted by Crippen LogP contribution is -2.21. The van der Waals surface area contributed by atoms with Crippen molar-refractivity contribution in [3.63, 3.8) is 0 Å². The number of hydrogen-bond acceptors (Lipinski definition) is 3. The number of carboxylic acid groups (broad SMARTS) is 1. The van der Waals surface area contributed by atoms with Gasteiger partial charge in [-0.15, -0.1) is 0 Å². The van der Waals surface area contributed by atoms with Crippen LogP contribution in [0.4, 0.5) is 10.1 Å². The van der Waals surface area contributed by atoms with E-state index in [0.29, 0.717) is 5.69 Å². The summed E-state index contributed by atoms with van der Waals surface area (Å²) in [7, 11) is 0. The Kier molecular flexibility index (Phi) is 5.28. The number of benzene rings is 1. The molecular formula is C12H16FNO2S. The number of rotatable bonds is 6. The van der Waals surface area contributed by atoms with Gasteiger partial charge in [0.05, 0.1) is 5.56 Å². The van der Waals surface area contributed by atoms with Crippen LogP contribution in [0.2, 0.25) is 0 Å². The molecule has 2 N–H and O–H groups in total. The van der Waals surface area contributed by atoms with Crippen LogP contribution < -0.4 is 5.32 Å². The predicted molar refractivity (Wildman–Crippen MR) is 69.4 cm³/mol. The number of carbonyl (C=O) groups is 1. The lowest BCUT2D eigenvalue weighted by Gasteiger charge is -2.17. The van der Waals surface area contributed by atoms with Gasteiger partial charge in [-0.05, 0) is 30.9 Å². The Morgan fingerprint density at radius 2 is 2.29 bits per heavy atom. The maximum Gasteiger partial charge on any atom is 0.338 e. The molecule has 3 nitrogen and oxygen atoms in total. The van der Waals surface area contributed by atoms with E-state index in [1.807, 2.05) is 6.26 Å². The molecule has 0 aliphatic carbocycles. The van der Waals surface area contributed by atoms with Crippen molar-refractivity contribution < 1.29 is 14.3 Å². The second kappa shape index (κ2) is 6.49. The largest absolute Gasteiger partial charge is 0.478 e. The summed E-state index contributed by atoms with van der Waals surface area (Å²) in [4.78, 5) is 10.7. The molecule has 5 heteroatoms. The summed E-state index contributed by atoms with van der Waals surface area (Å²) in [5.74, 6) is -1.02. The highest BCUT2D eigenvalue weighted by molar-refractivity contribution is 7.98. The molecule has 1 aromatic carbocycles. The lowest BCUT2D eigenvalue weighted by atomic mass is 10.1. The zero-order valence-corrected chi connectivity index (χ0v) is 10.7. The first-order valence-corrected chi connectivity index (χ1v) is 6.76.